The second-order valence-corrected chi connectivity index (χ2v) is 5.40. The first-order chi connectivity index (χ1) is 9.61. The summed E-state index contributed by atoms with van der Waals surface area (Å²) in [6.45, 7) is 3.02. The van der Waals surface area contributed by atoms with Crippen LogP contribution in [-0.2, 0) is 0 Å². The molecule has 1 aliphatic rings. The number of carbonyl (C=O) groups is 1. The molecule has 108 valence electrons. The van der Waals surface area contributed by atoms with E-state index in [1.54, 1.807) is 0 Å². The van der Waals surface area contributed by atoms with Gasteiger partial charge in [0.1, 0.15) is 5.82 Å². The highest BCUT2D eigenvalue weighted by molar-refractivity contribution is 7.80. The lowest BCUT2D eigenvalue weighted by atomic mass is 10.0. The predicted octanol–water partition coefficient (Wildman–Crippen LogP) is 3.10. The summed E-state index contributed by atoms with van der Waals surface area (Å²) in [4.78, 5) is 14.2. The smallest absolute Gasteiger partial charge is 0.257 e. The molecule has 0 aromatic heterocycles. The molecule has 1 fully saturated rings. The molecular formula is C15H19FN2OS. The zero-order valence-corrected chi connectivity index (χ0v) is 12.4. The average molecular weight is 294 g/mol. The average Bonchev–Trinajstić information content (AvgIpc) is 2.47. The zero-order valence-electron chi connectivity index (χ0n) is 11.6. The monoisotopic (exact) mass is 294 g/mol. The fourth-order valence-electron chi connectivity index (χ4n) is 2.53. The third-order valence-electron chi connectivity index (χ3n) is 3.69. The Labute approximate surface area is 124 Å². The Balaban J connectivity index is 1.99. The quantitative estimate of drug-likeness (QED) is 0.851. The number of nitrogens with zero attached hydrogens (tertiary/aromatic N) is 1. The van der Waals surface area contributed by atoms with Crippen molar-refractivity contribution < 1.29 is 9.18 Å². The number of hydrogen-bond acceptors (Lipinski definition) is 2. The summed E-state index contributed by atoms with van der Waals surface area (Å²) in [5.41, 5.74) is 0.416. The van der Waals surface area contributed by atoms with E-state index in [0.717, 1.165) is 25.8 Å². The Hall–Kier alpha value is -1.49. The highest BCUT2D eigenvalue weighted by Gasteiger charge is 2.24. The fourth-order valence-corrected chi connectivity index (χ4v) is 2.87. The molecular weight excluding hydrogens is 275 g/mol. The maximum Gasteiger partial charge on any atom is 0.257 e. The van der Waals surface area contributed by atoms with Gasteiger partial charge in [-0.25, -0.2) is 4.39 Å². The van der Waals surface area contributed by atoms with Crippen LogP contribution in [0.4, 0.5) is 4.39 Å². The normalized spacial score (nSPS) is 18.7. The number of carbonyl (C=O) groups excluding carboxylic acids is 1. The van der Waals surface area contributed by atoms with Gasteiger partial charge in [0.15, 0.2) is 5.11 Å². The van der Waals surface area contributed by atoms with Crippen LogP contribution in [-0.4, -0.2) is 28.5 Å². The molecule has 2 rings (SSSR count). The standard InChI is InChI=1S/C15H19FN2OS/c1-2-13-5-3-4-10-18(13)15(20)17-14(19)11-6-8-12(16)9-7-11/h6-9,13H,2-5,10H2,1H3,(H,17,19,20)/t13-/m0/s1. The van der Waals surface area contributed by atoms with Gasteiger partial charge in [0, 0.05) is 18.2 Å². The van der Waals surface area contributed by atoms with Crippen molar-refractivity contribution in [2.75, 3.05) is 6.54 Å². The van der Waals surface area contributed by atoms with Gasteiger partial charge < -0.3 is 4.90 Å². The number of halogens is 1. The lowest BCUT2D eigenvalue weighted by molar-refractivity contribution is 0.0969. The van der Waals surface area contributed by atoms with Gasteiger partial charge >= 0.3 is 0 Å². The summed E-state index contributed by atoms with van der Waals surface area (Å²) in [5, 5.41) is 3.22. The van der Waals surface area contributed by atoms with Gasteiger partial charge in [-0.3, -0.25) is 10.1 Å². The van der Waals surface area contributed by atoms with Gasteiger partial charge in [-0.1, -0.05) is 6.92 Å². The summed E-state index contributed by atoms with van der Waals surface area (Å²) in [6.07, 6.45) is 4.45. The Bertz CT molecular complexity index is 489. The first kappa shape index (κ1) is 14.9. The van der Waals surface area contributed by atoms with Crippen molar-refractivity contribution in [1.82, 2.24) is 10.2 Å². The molecule has 0 bridgehead atoms. The van der Waals surface area contributed by atoms with E-state index in [1.165, 1.54) is 30.7 Å². The first-order valence-corrected chi connectivity index (χ1v) is 7.40. The van der Waals surface area contributed by atoms with Gasteiger partial charge in [-0.05, 0) is 62.2 Å². The summed E-state index contributed by atoms with van der Waals surface area (Å²) in [5.74, 6) is -0.637. The number of piperidine rings is 1. The maximum absolute atomic E-state index is 12.8. The van der Waals surface area contributed by atoms with Crippen LogP contribution in [0.1, 0.15) is 43.0 Å². The molecule has 1 heterocycles. The van der Waals surface area contributed by atoms with E-state index in [4.69, 9.17) is 12.2 Å². The topological polar surface area (TPSA) is 32.3 Å². The van der Waals surface area contributed by atoms with E-state index in [9.17, 15) is 9.18 Å². The van der Waals surface area contributed by atoms with Crippen LogP contribution in [0.15, 0.2) is 24.3 Å². The predicted molar refractivity (Wildman–Crippen MR) is 81.1 cm³/mol. The van der Waals surface area contributed by atoms with E-state index in [-0.39, 0.29) is 11.7 Å². The van der Waals surface area contributed by atoms with Gasteiger partial charge in [0.2, 0.25) is 0 Å². The van der Waals surface area contributed by atoms with Gasteiger partial charge in [0.25, 0.3) is 5.91 Å². The highest BCUT2D eigenvalue weighted by Crippen LogP contribution is 2.19. The molecule has 0 saturated carbocycles. The number of amides is 1. The fraction of sp³-hybridized carbons (Fsp3) is 0.467. The minimum atomic E-state index is -0.355. The molecule has 1 aromatic rings. The Kier molecular flexibility index (Phi) is 5.06. The van der Waals surface area contributed by atoms with E-state index in [0.29, 0.717) is 16.7 Å². The Morgan fingerprint density at radius 2 is 2.10 bits per heavy atom. The molecule has 20 heavy (non-hydrogen) atoms. The van der Waals surface area contributed by atoms with Gasteiger partial charge in [-0.15, -0.1) is 0 Å². The SMILES string of the molecule is CC[C@H]1CCCCN1C(=S)NC(=O)c1ccc(F)cc1. The van der Waals surface area contributed by atoms with Crippen molar-refractivity contribution in [3.63, 3.8) is 0 Å². The second-order valence-electron chi connectivity index (χ2n) is 5.02. The third kappa shape index (κ3) is 3.54. The molecule has 1 N–H and O–H groups in total. The number of nitrogens with one attached hydrogen (secondary N) is 1. The summed E-state index contributed by atoms with van der Waals surface area (Å²) in [6, 6.07) is 5.87. The van der Waals surface area contributed by atoms with Crippen LogP contribution in [0.25, 0.3) is 0 Å². The summed E-state index contributed by atoms with van der Waals surface area (Å²) < 4.78 is 12.8. The van der Waals surface area contributed by atoms with Crippen LogP contribution in [0.3, 0.4) is 0 Å². The molecule has 1 atom stereocenters. The molecule has 5 heteroatoms. The minimum Gasteiger partial charge on any atom is -0.346 e. The zero-order chi connectivity index (χ0) is 14.5. The number of rotatable bonds is 2. The molecule has 1 amide bonds. The van der Waals surface area contributed by atoms with E-state index >= 15 is 0 Å². The van der Waals surface area contributed by atoms with Crippen molar-refractivity contribution in [3.05, 3.63) is 35.6 Å². The van der Waals surface area contributed by atoms with Crippen molar-refractivity contribution in [2.24, 2.45) is 0 Å². The Morgan fingerprint density at radius 3 is 2.75 bits per heavy atom. The summed E-state index contributed by atoms with van der Waals surface area (Å²) in [7, 11) is 0. The minimum absolute atomic E-state index is 0.282. The van der Waals surface area contributed by atoms with E-state index in [2.05, 4.69) is 17.1 Å². The molecule has 0 unspecified atom stereocenters. The van der Waals surface area contributed by atoms with Crippen LogP contribution in [0.2, 0.25) is 0 Å². The van der Waals surface area contributed by atoms with Crippen molar-refractivity contribution in [2.45, 2.75) is 38.6 Å². The van der Waals surface area contributed by atoms with E-state index in [1.807, 2.05) is 0 Å². The molecule has 0 aliphatic carbocycles. The van der Waals surface area contributed by atoms with Crippen molar-refractivity contribution in [3.8, 4) is 0 Å². The van der Waals surface area contributed by atoms with Gasteiger partial charge in [-0.2, -0.15) is 0 Å². The second kappa shape index (κ2) is 6.79. The number of hydrogen-bond donors (Lipinski definition) is 1. The van der Waals surface area contributed by atoms with Crippen molar-refractivity contribution >= 4 is 23.2 Å². The van der Waals surface area contributed by atoms with Crippen LogP contribution in [0.5, 0.6) is 0 Å². The molecule has 1 aliphatic heterocycles. The largest absolute Gasteiger partial charge is 0.346 e. The third-order valence-corrected chi connectivity index (χ3v) is 4.02. The van der Waals surface area contributed by atoms with Crippen LogP contribution >= 0.6 is 12.2 Å². The molecule has 0 radical (unpaired) electrons. The number of benzene rings is 1. The highest BCUT2D eigenvalue weighted by atomic mass is 32.1. The van der Waals surface area contributed by atoms with Gasteiger partial charge in [0.05, 0.1) is 0 Å². The molecule has 3 nitrogen and oxygen atoms in total. The lowest BCUT2D eigenvalue weighted by Gasteiger charge is -2.37. The van der Waals surface area contributed by atoms with E-state index < -0.39 is 0 Å². The first-order valence-electron chi connectivity index (χ1n) is 6.99. The van der Waals surface area contributed by atoms with Crippen LogP contribution < -0.4 is 5.32 Å². The van der Waals surface area contributed by atoms with Crippen LogP contribution in [0, 0.1) is 5.82 Å². The maximum atomic E-state index is 12.8. The Morgan fingerprint density at radius 1 is 1.40 bits per heavy atom. The molecule has 1 saturated heterocycles. The van der Waals surface area contributed by atoms with Crippen molar-refractivity contribution in [1.29, 1.82) is 0 Å². The lowest BCUT2D eigenvalue weighted by Crippen LogP contribution is -2.49. The number of thiocarbonyl (C=S) groups is 1. The number of likely N-dealkylation sites (tertiary alicyclic amines) is 1. The molecule has 1 aromatic carbocycles. The molecule has 0 spiro atoms. The summed E-state index contributed by atoms with van der Waals surface area (Å²) >= 11 is 5.34.